The fraction of sp³-hybridized carbons (Fsp3) is 0.121. The van der Waals surface area contributed by atoms with Crippen molar-refractivity contribution in [2.45, 2.75) is 19.5 Å². The Labute approximate surface area is 256 Å². The Morgan fingerprint density at radius 2 is 1.78 bits per heavy atom. The van der Waals surface area contributed by atoms with E-state index < -0.39 is 18.0 Å². The van der Waals surface area contributed by atoms with Gasteiger partial charge in [0.1, 0.15) is 11.3 Å². The lowest BCUT2D eigenvalue weighted by molar-refractivity contribution is 0.0941. The monoisotopic (exact) mass is 603 g/mol. The highest BCUT2D eigenvalue weighted by molar-refractivity contribution is 6.06. The van der Waals surface area contributed by atoms with Crippen molar-refractivity contribution in [3.63, 3.8) is 0 Å². The third kappa shape index (κ3) is 5.76. The highest BCUT2D eigenvalue weighted by atomic mass is 16.5. The molecule has 0 unspecified atom stereocenters. The summed E-state index contributed by atoms with van der Waals surface area (Å²) in [6, 6.07) is 25.2. The summed E-state index contributed by atoms with van der Waals surface area (Å²) in [5, 5.41) is 23.2. The number of nitrogens with one attached hydrogen (secondary N) is 3. The molecule has 12 heteroatoms. The van der Waals surface area contributed by atoms with Gasteiger partial charge in [-0.15, -0.1) is 5.10 Å². The minimum absolute atomic E-state index is 0.0377. The zero-order chi connectivity index (χ0) is 31.5. The molecule has 2 amide bonds. The van der Waals surface area contributed by atoms with Crippen molar-refractivity contribution in [2.24, 2.45) is 0 Å². The number of anilines is 2. The van der Waals surface area contributed by atoms with Crippen LogP contribution in [-0.4, -0.2) is 43.4 Å². The Hall–Kier alpha value is -6.17. The number of methoxy groups -OCH3 is 1. The van der Waals surface area contributed by atoms with Crippen LogP contribution in [0.1, 0.15) is 34.6 Å². The van der Waals surface area contributed by atoms with Crippen molar-refractivity contribution in [1.82, 2.24) is 24.5 Å². The lowest BCUT2D eigenvalue weighted by Gasteiger charge is -2.22. The Morgan fingerprint density at radius 1 is 1.00 bits per heavy atom. The maximum atomic E-state index is 14.3. The summed E-state index contributed by atoms with van der Waals surface area (Å²) >= 11 is 0. The minimum Gasteiger partial charge on any atom is -0.497 e. The number of pyridine rings is 1. The van der Waals surface area contributed by atoms with Gasteiger partial charge < -0.3 is 20.5 Å². The van der Waals surface area contributed by atoms with E-state index in [4.69, 9.17) is 4.74 Å². The topological polar surface area (TPSA) is 152 Å². The van der Waals surface area contributed by atoms with E-state index in [2.05, 4.69) is 26.0 Å². The van der Waals surface area contributed by atoms with Crippen molar-refractivity contribution >= 4 is 39.9 Å². The molecule has 6 aromatic rings. The quantitative estimate of drug-likeness (QED) is 0.175. The predicted molar refractivity (Wildman–Crippen MR) is 170 cm³/mol. The van der Waals surface area contributed by atoms with Crippen molar-refractivity contribution < 1.29 is 19.4 Å². The van der Waals surface area contributed by atoms with Gasteiger partial charge in [-0.05, 0) is 60.3 Å². The Morgan fingerprint density at radius 3 is 2.51 bits per heavy atom. The molecule has 6 rings (SSSR count). The Kier molecular flexibility index (Phi) is 7.85. The van der Waals surface area contributed by atoms with E-state index in [1.807, 2.05) is 78.9 Å². The lowest BCUT2D eigenvalue weighted by atomic mass is 10.1. The van der Waals surface area contributed by atoms with Crippen LogP contribution in [0.25, 0.3) is 22.1 Å². The van der Waals surface area contributed by atoms with Gasteiger partial charge in [0.2, 0.25) is 0 Å². The van der Waals surface area contributed by atoms with Crippen LogP contribution in [-0.2, 0) is 6.54 Å². The fourth-order valence-electron chi connectivity index (χ4n) is 5.26. The molecule has 3 aromatic carbocycles. The number of aromatic nitrogens is 4. The number of rotatable bonds is 9. The second kappa shape index (κ2) is 12.2. The van der Waals surface area contributed by atoms with Crippen LogP contribution in [0.2, 0.25) is 0 Å². The van der Waals surface area contributed by atoms with Gasteiger partial charge in [0, 0.05) is 36.0 Å². The summed E-state index contributed by atoms with van der Waals surface area (Å²) in [6.07, 6.45) is 1.68. The molecule has 0 aliphatic heterocycles. The molecule has 0 bridgehead atoms. The van der Waals surface area contributed by atoms with E-state index in [9.17, 15) is 19.5 Å². The van der Waals surface area contributed by atoms with Crippen LogP contribution in [0.5, 0.6) is 5.75 Å². The van der Waals surface area contributed by atoms with E-state index in [1.54, 1.807) is 30.9 Å². The van der Waals surface area contributed by atoms with Crippen LogP contribution in [0.3, 0.4) is 0 Å². The number of carbonyl (C=O) groups excluding carboxylic acids is 1. The van der Waals surface area contributed by atoms with Gasteiger partial charge in [0.25, 0.3) is 11.5 Å². The van der Waals surface area contributed by atoms with Crippen molar-refractivity contribution in [3.8, 4) is 11.4 Å². The fourth-order valence-corrected chi connectivity index (χ4v) is 5.26. The molecule has 0 spiro atoms. The second-order valence-corrected chi connectivity index (χ2v) is 10.3. The van der Waals surface area contributed by atoms with Gasteiger partial charge in [0.15, 0.2) is 11.5 Å². The molecule has 0 aliphatic rings. The van der Waals surface area contributed by atoms with Gasteiger partial charge >= 0.3 is 6.09 Å². The van der Waals surface area contributed by atoms with E-state index in [-0.39, 0.29) is 22.6 Å². The summed E-state index contributed by atoms with van der Waals surface area (Å²) < 4.78 is 8.15. The first-order valence-electron chi connectivity index (χ1n) is 14.1. The largest absolute Gasteiger partial charge is 0.497 e. The zero-order valence-corrected chi connectivity index (χ0v) is 24.4. The van der Waals surface area contributed by atoms with Crippen molar-refractivity contribution in [2.75, 3.05) is 17.7 Å². The first kappa shape index (κ1) is 28.9. The van der Waals surface area contributed by atoms with E-state index in [1.165, 1.54) is 10.7 Å². The van der Waals surface area contributed by atoms with Gasteiger partial charge in [-0.2, -0.15) is 0 Å². The third-order valence-corrected chi connectivity index (χ3v) is 7.37. The maximum Gasteiger partial charge on any atom is 0.410 e. The highest BCUT2D eigenvalue weighted by Crippen LogP contribution is 2.27. The van der Waals surface area contributed by atoms with Gasteiger partial charge in [0.05, 0.1) is 18.5 Å². The molecule has 0 saturated heterocycles. The van der Waals surface area contributed by atoms with Crippen LogP contribution < -0.4 is 26.2 Å². The number of benzene rings is 3. The molecule has 3 aromatic heterocycles. The smallest absolute Gasteiger partial charge is 0.410 e. The second-order valence-electron chi connectivity index (χ2n) is 10.3. The first-order chi connectivity index (χ1) is 21.8. The number of ether oxygens (including phenoxy) is 1. The van der Waals surface area contributed by atoms with Crippen LogP contribution in [0, 0.1) is 0 Å². The van der Waals surface area contributed by atoms with Crippen molar-refractivity contribution in [1.29, 1.82) is 0 Å². The number of nitrogens with zero attached hydrogens (tertiary/aromatic N) is 4. The summed E-state index contributed by atoms with van der Waals surface area (Å²) in [7, 11) is 1.62. The molecular formula is C33H29N7O5. The molecule has 12 nitrogen and oxygen atoms in total. The normalized spacial score (nSPS) is 11.7. The number of amides is 2. The molecular weight excluding hydrogens is 574 g/mol. The van der Waals surface area contributed by atoms with Crippen molar-refractivity contribution in [3.05, 3.63) is 124 Å². The SMILES string of the molecule is COc1ccc(CNc2cccc3cc([C@H](C)NC(=O)c4c(NC(=O)O)nn5cccnc45)n(-c4ccccc4)c(=O)c23)cc1. The number of hydrogen-bond donors (Lipinski definition) is 4. The first-order valence-corrected chi connectivity index (χ1v) is 14.1. The molecule has 0 fully saturated rings. The Balaban J connectivity index is 1.40. The summed E-state index contributed by atoms with van der Waals surface area (Å²) in [6.45, 7) is 2.25. The predicted octanol–water partition coefficient (Wildman–Crippen LogP) is 5.24. The standard InChI is InChI=1S/C33H29N7O5/c1-20(36-31(41)28-29(37-33(43)44)38-39-17-7-16-34-30(28)39)26-18-22-8-6-11-25(35-19-21-12-14-24(45-2)15-13-21)27(22)32(42)40(26)23-9-4-3-5-10-23/h3-18,20,35H,19H2,1-2H3,(H,36,41)(H,37,38)(H,43,44)/t20-/m0/s1. The van der Waals surface area contributed by atoms with Crippen LogP contribution in [0.4, 0.5) is 16.3 Å². The lowest BCUT2D eigenvalue weighted by Crippen LogP contribution is -2.32. The molecule has 3 heterocycles. The summed E-state index contributed by atoms with van der Waals surface area (Å²) in [4.78, 5) is 43.7. The zero-order valence-electron chi connectivity index (χ0n) is 24.4. The number of para-hydroxylation sites is 1. The average molecular weight is 604 g/mol. The molecule has 0 saturated carbocycles. The number of hydrogen-bond acceptors (Lipinski definition) is 7. The molecule has 0 aliphatic carbocycles. The molecule has 0 radical (unpaired) electrons. The maximum absolute atomic E-state index is 14.3. The van der Waals surface area contributed by atoms with Crippen LogP contribution in [0.15, 0.2) is 102 Å². The number of fused-ring (bicyclic) bond motifs is 2. The molecule has 45 heavy (non-hydrogen) atoms. The van der Waals surface area contributed by atoms with Gasteiger partial charge in [-0.3, -0.25) is 19.5 Å². The molecule has 1 atom stereocenters. The summed E-state index contributed by atoms with van der Waals surface area (Å²) in [5.41, 5.74) is 2.71. The van der Waals surface area contributed by atoms with E-state index in [0.717, 1.165) is 11.3 Å². The number of carbonyl (C=O) groups is 2. The number of carboxylic acid groups (broad SMARTS) is 1. The third-order valence-electron chi connectivity index (χ3n) is 7.37. The molecule has 226 valence electrons. The van der Waals surface area contributed by atoms with E-state index >= 15 is 0 Å². The van der Waals surface area contributed by atoms with E-state index in [0.29, 0.717) is 34.4 Å². The molecule has 4 N–H and O–H groups in total. The average Bonchev–Trinajstić information content (AvgIpc) is 3.41. The van der Waals surface area contributed by atoms with Gasteiger partial charge in [-0.1, -0.05) is 42.5 Å². The van der Waals surface area contributed by atoms with Crippen LogP contribution >= 0.6 is 0 Å². The van der Waals surface area contributed by atoms with Gasteiger partial charge in [-0.25, -0.2) is 14.3 Å². The highest BCUT2D eigenvalue weighted by Gasteiger charge is 2.26. The Bertz CT molecular complexity index is 2090. The minimum atomic E-state index is -1.37. The summed E-state index contributed by atoms with van der Waals surface area (Å²) in [5.74, 6) is -0.00457.